The van der Waals surface area contributed by atoms with Gasteiger partial charge in [0.15, 0.2) is 6.10 Å². The maximum Gasteiger partial charge on any atom is 0.262 e. The van der Waals surface area contributed by atoms with E-state index < -0.39 is 6.10 Å². The summed E-state index contributed by atoms with van der Waals surface area (Å²) in [7, 11) is 0. The zero-order valence-electron chi connectivity index (χ0n) is 12.9. The molecule has 1 aliphatic rings. The minimum absolute atomic E-state index is 0.0449. The van der Waals surface area contributed by atoms with Gasteiger partial charge in [-0.05, 0) is 38.2 Å². The van der Waals surface area contributed by atoms with Crippen LogP contribution in [-0.2, 0) is 4.79 Å². The number of nitrogens with zero attached hydrogens (tertiary/aromatic N) is 1. The fourth-order valence-electron chi connectivity index (χ4n) is 2.43. The van der Waals surface area contributed by atoms with Crippen molar-refractivity contribution in [1.82, 2.24) is 10.2 Å². The van der Waals surface area contributed by atoms with Gasteiger partial charge in [0.25, 0.3) is 5.91 Å². The van der Waals surface area contributed by atoms with Crippen LogP contribution in [0.25, 0.3) is 0 Å². The molecule has 0 aliphatic carbocycles. The molecule has 1 aliphatic heterocycles. The molecule has 2 rings (SSSR count). The first kappa shape index (κ1) is 15.6. The lowest BCUT2D eigenvalue weighted by atomic mass is 10.2. The predicted octanol–water partition coefficient (Wildman–Crippen LogP) is 1.71. The van der Waals surface area contributed by atoms with E-state index in [1.165, 1.54) is 0 Å². The Labute approximate surface area is 126 Å². The lowest BCUT2D eigenvalue weighted by Gasteiger charge is -2.26. The third kappa shape index (κ3) is 4.36. The van der Waals surface area contributed by atoms with Crippen LogP contribution in [0.4, 0.5) is 5.69 Å². The van der Waals surface area contributed by atoms with Crippen LogP contribution in [0.3, 0.4) is 0 Å². The van der Waals surface area contributed by atoms with Gasteiger partial charge in [0.05, 0.1) is 12.2 Å². The van der Waals surface area contributed by atoms with Crippen LogP contribution in [-0.4, -0.2) is 49.6 Å². The molecular formula is C16H25N3O2. The summed E-state index contributed by atoms with van der Waals surface area (Å²) in [6.07, 6.45) is 0.512. The van der Waals surface area contributed by atoms with Crippen LogP contribution in [0.15, 0.2) is 24.3 Å². The van der Waals surface area contributed by atoms with E-state index in [1.54, 1.807) is 0 Å². The van der Waals surface area contributed by atoms with Crippen LogP contribution in [0, 0.1) is 0 Å². The van der Waals surface area contributed by atoms with Gasteiger partial charge in [-0.2, -0.15) is 0 Å². The Morgan fingerprint density at radius 1 is 1.38 bits per heavy atom. The molecule has 1 amide bonds. The summed E-state index contributed by atoms with van der Waals surface area (Å²) in [4.78, 5) is 14.5. The largest absolute Gasteiger partial charge is 0.477 e. The minimum Gasteiger partial charge on any atom is -0.477 e. The molecule has 0 radical (unpaired) electrons. The molecule has 21 heavy (non-hydrogen) atoms. The quantitative estimate of drug-likeness (QED) is 0.751. The van der Waals surface area contributed by atoms with Gasteiger partial charge in [-0.1, -0.05) is 26.0 Å². The highest BCUT2D eigenvalue weighted by atomic mass is 16.5. The molecule has 0 fully saturated rings. The highest BCUT2D eigenvalue weighted by Gasteiger charge is 2.25. The summed E-state index contributed by atoms with van der Waals surface area (Å²) >= 11 is 0. The zero-order valence-corrected chi connectivity index (χ0v) is 12.9. The van der Waals surface area contributed by atoms with Crippen LogP contribution in [0.5, 0.6) is 5.75 Å². The normalized spacial score (nSPS) is 16.8. The Bertz CT molecular complexity index is 461. The number of fused-ring (bicyclic) bond motifs is 1. The van der Waals surface area contributed by atoms with Gasteiger partial charge in [-0.3, -0.25) is 4.79 Å². The highest BCUT2D eigenvalue weighted by Crippen LogP contribution is 2.28. The van der Waals surface area contributed by atoms with Gasteiger partial charge in [-0.25, -0.2) is 0 Å². The predicted molar refractivity (Wildman–Crippen MR) is 84.8 cm³/mol. The van der Waals surface area contributed by atoms with E-state index in [0.717, 1.165) is 37.5 Å². The molecule has 5 nitrogen and oxygen atoms in total. The summed E-state index contributed by atoms with van der Waals surface area (Å²) < 4.78 is 5.73. The van der Waals surface area contributed by atoms with Crippen molar-refractivity contribution in [3.63, 3.8) is 0 Å². The standard InChI is InChI=1S/C16H25N3O2/c1-3-19(4-2)11-7-10-17-16(20)15-12-18-13-8-5-6-9-14(13)21-15/h5-6,8-9,15,18H,3-4,7,10-12H2,1-2H3,(H,17,20). The van der Waals surface area contributed by atoms with E-state index in [9.17, 15) is 4.79 Å². The van der Waals surface area contributed by atoms with E-state index in [2.05, 4.69) is 29.4 Å². The van der Waals surface area contributed by atoms with Gasteiger partial charge >= 0.3 is 0 Å². The lowest BCUT2D eigenvalue weighted by molar-refractivity contribution is -0.127. The summed E-state index contributed by atoms with van der Waals surface area (Å²) in [5.74, 6) is 0.698. The number of carbonyl (C=O) groups excluding carboxylic acids is 1. The van der Waals surface area contributed by atoms with Crippen molar-refractivity contribution in [3.05, 3.63) is 24.3 Å². The highest BCUT2D eigenvalue weighted by molar-refractivity contribution is 5.83. The number of carbonyl (C=O) groups is 1. The summed E-state index contributed by atoms with van der Waals surface area (Å²) in [6.45, 7) is 8.63. The Kier molecular flexibility index (Phi) is 5.87. The van der Waals surface area contributed by atoms with E-state index >= 15 is 0 Å². The Hall–Kier alpha value is -1.75. The first-order valence-corrected chi connectivity index (χ1v) is 7.74. The maximum absolute atomic E-state index is 12.1. The molecule has 0 spiro atoms. The number of para-hydroxylation sites is 2. The van der Waals surface area contributed by atoms with Gasteiger partial charge in [0, 0.05) is 6.54 Å². The van der Waals surface area contributed by atoms with Crippen LogP contribution in [0.2, 0.25) is 0 Å². The van der Waals surface area contributed by atoms with Crippen LogP contribution in [0.1, 0.15) is 20.3 Å². The molecule has 1 unspecified atom stereocenters. The van der Waals surface area contributed by atoms with Crippen molar-refractivity contribution in [2.75, 3.05) is 38.0 Å². The molecule has 1 aromatic carbocycles. The van der Waals surface area contributed by atoms with Crippen LogP contribution >= 0.6 is 0 Å². The number of nitrogens with one attached hydrogen (secondary N) is 2. The van der Waals surface area contributed by atoms with Crippen molar-refractivity contribution in [2.24, 2.45) is 0 Å². The van der Waals surface area contributed by atoms with Gasteiger partial charge in [0.1, 0.15) is 5.75 Å². The second kappa shape index (κ2) is 7.88. The number of rotatable bonds is 7. The number of hydrogen-bond acceptors (Lipinski definition) is 4. The molecular weight excluding hydrogens is 266 g/mol. The second-order valence-electron chi connectivity index (χ2n) is 5.16. The van der Waals surface area contributed by atoms with E-state index in [-0.39, 0.29) is 5.91 Å². The van der Waals surface area contributed by atoms with Gasteiger partial charge in [0.2, 0.25) is 0 Å². The molecule has 116 valence electrons. The van der Waals surface area contributed by atoms with E-state index in [4.69, 9.17) is 4.74 Å². The van der Waals surface area contributed by atoms with Crippen molar-refractivity contribution in [3.8, 4) is 5.75 Å². The molecule has 2 N–H and O–H groups in total. The maximum atomic E-state index is 12.1. The number of amides is 1. The monoisotopic (exact) mass is 291 g/mol. The summed E-state index contributed by atoms with van der Waals surface area (Å²) in [6, 6.07) is 7.68. The van der Waals surface area contributed by atoms with Crippen LogP contribution < -0.4 is 15.4 Å². The minimum atomic E-state index is -0.451. The average molecular weight is 291 g/mol. The topological polar surface area (TPSA) is 53.6 Å². The van der Waals surface area contributed by atoms with Gasteiger partial charge < -0.3 is 20.3 Å². The molecule has 1 aromatic rings. The Morgan fingerprint density at radius 2 is 2.14 bits per heavy atom. The molecule has 1 heterocycles. The van der Waals surface area contributed by atoms with Gasteiger partial charge in [-0.15, -0.1) is 0 Å². The summed E-state index contributed by atoms with van der Waals surface area (Å²) in [5, 5.41) is 6.18. The van der Waals surface area contributed by atoms with Crippen molar-refractivity contribution >= 4 is 11.6 Å². The number of hydrogen-bond donors (Lipinski definition) is 2. The SMILES string of the molecule is CCN(CC)CCCNC(=O)C1CNc2ccccc2O1. The molecule has 1 atom stereocenters. The zero-order chi connectivity index (χ0) is 15.1. The average Bonchev–Trinajstić information content (AvgIpc) is 2.54. The van der Waals surface area contributed by atoms with E-state index in [0.29, 0.717) is 13.1 Å². The first-order chi connectivity index (χ1) is 10.2. The fraction of sp³-hybridized carbons (Fsp3) is 0.562. The number of benzene rings is 1. The number of anilines is 1. The van der Waals surface area contributed by atoms with Crippen molar-refractivity contribution in [2.45, 2.75) is 26.4 Å². The first-order valence-electron chi connectivity index (χ1n) is 7.74. The lowest BCUT2D eigenvalue weighted by Crippen LogP contribution is -2.45. The molecule has 0 saturated carbocycles. The second-order valence-corrected chi connectivity index (χ2v) is 5.16. The fourth-order valence-corrected chi connectivity index (χ4v) is 2.43. The molecule has 0 bridgehead atoms. The third-order valence-electron chi connectivity index (χ3n) is 3.77. The summed E-state index contributed by atoms with van der Waals surface area (Å²) in [5.41, 5.74) is 0.947. The Morgan fingerprint density at radius 3 is 2.90 bits per heavy atom. The van der Waals surface area contributed by atoms with Crippen molar-refractivity contribution in [1.29, 1.82) is 0 Å². The van der Waals surface area contributed by atoms with E-state index in [1.807, 2.05) is 24.3 Å². The number of ether oxygens (including phenoxy) is 1. The molecule has 0 saturated heterocycles. The van der Waals surface area contributed by atoms with Crippen molar-refractivity contribution < 1.29 is 9.53 Å². The third-order valence-corrected chi connectivity index (χ3v) is 3.77. The Balaban J connectivity index is 1.73. The molecule has 0 aromatic heterocycles. The molecule has 5 heteroatoms. The smallest absolute Gasteiger partial charge is 0.262 e.